The molecule has 12 heteroatoms. The van der Waals surface area contributed by atoms with Crippen molar-refractivity contribution in [1.29, 1.82) is 0 Å². The Hall–Kier alpha value is -3.70. The van der Waals surface area contributed by atoms with Crippen molar-refractivity contribution >= 4 is 17.7 Å². The van der Waals surface area contributed by atoms with Gasteiger partial charge in [-0.2, -0.15) is 26.3 Å². The van der Waals surface area contributed by atoms with Crippen molar-refractivity contribution in [3.63, 3.8) is 0 Å². The van der Waals surface area contributed by atoms with Crippen LogP contribution in [0, 0.1) is 0 Å². The molecule has 156 valence electrons. The van der Waals surface area contributed by atoms with Crippen molar-refractivity contribution in [3.8, 4) is 11.4 Å². The number of benzene rings is 1. The molecule has 2 heterocycles. The van der Waals surface area contributed by atoms with Gasteiger partial charge in [-0.25, -0.2) is 14.5 Å². The van der Waals surface area contributed by atoms with E-state index in [1.54, 1.807) is 0 Å². The number of carboxylic acid groups (broad SMARTS) is 1. The number of rotatable bonds is 4. The zero-order valence-corrected chi connectivity index (χ0v) is 14.6. The van der Waals surface area contributed by atoms with Crippen LogP contribution in [0.25, 0.3) is 23.2 Å². The summed E-state index contributed by atoms with van der Waals surface area (Å²) < 4.78 is 79.0. The summed E-state index contributed by atoms with van der Waals surface area (Å²) in [6.45, 7) is 0. The molecule has 0 bridgehead atoms. The van der Waals surface area contributed by atoms with E-state index in [4.69, 9.17) is 0 Å². The summed E-state index contributed by atoms with van der Waals surface area (Å²) in [5.74, 6) is -1.78. The average molecular weight is 428 g/mol. The largest absolute Gasteiger partial charge is 0.478 e. The molecule has 0 aliphatic carbocycles. The summed E-state index contributed by atoms with van der Waals surface area (Å²) in [6, 6.07) is 3.77. The molecule has 0 saturated heterocycles. The van der Waals surface area contributed by atoms with Crippen LogP contribution < -0.4 is 0 Å². The lowest BCUT2D eigenvalue weighted by Gasteiger charge is -2.13. The van der Waals surface area contributed by atoms with Crippen LogP contribution in [0.3, 0.4) is 0 Å². The minimum atomic E-state index is -5.02. The number of pyridine rings is 1. The van der Waals surface area contributed by atoms with E-state index >= 15 is 0 Å². The lowest BCUT2D eigenvalue weighted by molar-refractivity contribution is -0.143. The smallest absolute Gasteiger partial charge is 0.416 e. The summed E-state index contributed by atoms with van der Waals surface area (Å²) in [5, 5.41) is 13.2. The number of halogens is 6. The fraction of sp³-hybridized carbons (Fsp3) is 0.111. The molecule has 0 aliphatic rings. The number of aromatic nitrogens is 4. The van der Waals surface area contributed by atoms with Crippen LogP contribution in [0.1, 0.15) is 16.7 Å². The van der Waals surface area contributed by atoms with E-state index in [1.807, 2.05) is 0 Å². The Kier molecular flexibility index (Phi) is 5.33. The van der Waals surface area contributed by atoms with Crippen LogP contribution in [0.5, 0.6) is 0 Å². The molecule has 1 aromatic carbocycles. The Morgan fingerprint density at radius 1 is 0.967 bits per heavy atom. The standard InChI is InChI=1S/C18H10F6N4O2/c19-17(20,21)12-5-11(6-13(7-12)18(22,23)24)15-26-9-28(27-15)8-14(16(29)30)10-1-3-25-4-2-10/h1-9H,(H,29,30). The van der Waals surface area contributed by atoms with Crippen molar-refractivity contribution in [2.75, 3.05) is 0 Å². The number of carbonyl (C=O) groups is 1. The Balaban J connectivity index is 2.06. The highest BCUT2D eigenvalue weighted by atomic mass is 19.4. The van der Waals surface area contributed by atoms with Gasteiger partial charge in [-0.05, 0) is 35.9 Å². The van der Waals surface area contributed by atoms with Crippen molar-refractivity contribution < 1.29 is 36.2 Å². The summed E-state index contributed by atoms with van der Waals surface area (Å²) in [5.41, 5.74) is -3.53. The van der Waals surface area contributed by atoms with Gasteiger partial charge in [0.05, 0.1) is 16.7 Å². The Morgan fingerprint density at radius 3 is 2.03 bits per heavy atom. The predicted molar refractivity (Wildman–Crippen MR) is 91.5 cm³/mol. The van der Waals surface area contributed by atoms with E-state index in [2.05, 4.69) is 15.1 Å². The maximum atomic E-state index is 13.0. The molecule has 0 spiro atoms. The van der Waals surface area contributed by atoms with Gasteiger partial charge in [0, 0.05) is 24.2 Å². The summed E-state index contributed by atoms with van der Waals surface area (Å²) >= 11 is 0. The van der Waals surface area contributed by atoms with Crippen molar-refractivity contribution in [3.05, 3.63) is 65.7 Å². The first-order valence-electron chi connectivity index (χ1n) is 8.01. The highest BCUT2D eigenvalue weighted by molar-refractivity contribution is 6.19. The minimum Gasteiger partial charge on any atom is -0.478 e. The van der Waals surface area contributed by atoms with Gasteiger partial charge in [-0.1, -0.05) is 0 Å². The van der Waals surface area contributed by atoms with Gasteiger partial charge in [0.25, 0.3) is 0 Å². The Bertz CT molecular complexity index is 1070. The van der Waals surface area contributed by atoms with Crippen LogP contribution in [-0.2, 0) is 17.1 Å². The minimum absolute atomic E-state index is 0.00757. The summed E-state index contributed by atoms with van der Waals surface area (Å²) in [4.78, 5) is 19.0. The SMILES string of the molecule is O=C(O)C(=Cn1cnc(-c2cc(C(F)(F)F)cc(C(F)(F)F)c2)n1)c1ccncc1. The number of aliphatic carboxylic acids is 1. The van der Waals surface area contributed by atoms with Gasteiger partial charge in [0.1, 0.15) is 6.33 Å². The first kappa shape index (κ1) is 21.0. The second-order valence-electron chi connectivity index (χ2n) is 5.93. The molecule has 0 saturated carbocycles. The first-order valence-corrected chi connectivity index (χ1v) is 8.01. The average Bonchev–Trinajstić information content (AvgIpc) is 3.13. The zero-order chi connectivity index (χ0) is 22.1. The predicted octanol–water partition coefficient (Wildman–Crippen LogP) is 4.46. The Morgan fingerprint density at radius 2 is 1.53 bits per heavy atom. The molecule has 0 amide bonds. The molecule has 6 nitrogen and oxygen atoms in total. The maximum Gasteiger partial charge on any atom is 0.416 e. The van der Waals surface area contributed by atoms with Crippen LogP contribution in [-0.4, -0.2) is 30.8 Å². The van der Waals surface area contributed by atoms with Crippen LogP contribution in [0.15, 0.2) is 49.1 Å². The number of hydrogen-bond acceptors (Lipinski definition) is 4. The molecule has 2 aromatic heterocycles. The molecular formula is C18H10F6N4O2. The highest BCUT2D eigenvalue weighted by Crippen LogP contribution is 2.38. The van der Waals surface area contributed by atoms with Crippen molar-refractivity contribution in [1.82, 2.24) is 19.7 Å². The van der Waals surface area contributed by atoms with E-state index < -0.39 is 40.8 Å². The topological polar surface area (TPSA) is 80.9 Å². The molecule has 1 N–H and O–H groups in total. The van der Waals surface area contributed by atoms with Crippen molar-refractivity contribution in [2.45, 2.75) is 12.4 Å². The Labute approximate surface area is 164 Å². The highest BCUT2D eigenvalue weighted by Gasteiger charge is 2.37. The van der Waals surface area contributed by atoms with E-state index in [9.17, 15) is 36.2 Å². The van der Waals surface area contributed by atoms with E-state index in [1.165, 1.54) is 24.5 Å². The number of carboxylic acids is 1. The van der Waals surface area contributed by atoms with Gasteiger partial charge in [0.2, 0.25) is 0 Å². The molecule has 30 heavy (non-hydrogen) atoms. The third kappa shape index (κ3) is 4.64. The summed E-state index contributed by atoms with van der Waals surface area (Å²) in [7, 11) is 0. The number of alkyl halides is 6. The van der Waals surface area contributed by atoms with Crippen LogP contribution in [0.4, 0.5) is 26.3 Å². The van der Waals surface area contributed by atoms with E-state index in [-0.39, 0.29) is 17.2 Å². The second-order valence-corrected chi connectivity index (χ2v) is 5.93. The monoisotopic (exact) mass is 428 g/mol. The molecule has 0 radical (unpaired) electrons. The van der Waals surface area contributed by atoms with Gasteiger partial charge in [-0.3, -0.25) is 4.98 Å². The van der Waals surface area contributed by atoms with E-state index in [0.717, 1.165) is 17.2 Å². The maximum absolute atomic E-state index is 13.0. The molecule has 0 fully saturated rings. The van der Waals surface area contributed by atoms with Crippen LogP contribution >= 0.6 is 0 Å². The fourth-order valence-electron chi connectivity index (χ4n) is 2.47. The molecule has 3 aromatic rings. The third-order valence-corrected chi connectivity index (χ3v) is 3.84. The molecule has 0 unspecified atom stereocenters. The third-order valence-electron chi connectivity index (χ3n) is 3.84. The van der Waals surface area contributed by atoms with Crippen molar-refractivity contribution in [2.24, 2.45) is 0 Å². The van der Waals surface area contributed by atoms with Gasteiger partial charge in [-0.15, -0.1) is 5.10 Å². The molecule has 3 rings (SSSR count). The summed E-state index contributed by atoms with van der Waals surface area (Å²) in [6.07, 6.45) is -5.35. The molecular weight excluding hydrogens is 418 g/mol. The zero-order valence-electron chi connectivity index (χ0n) is 14.6. The number of hydrogen-bond donors (Lipinski definition) is 1. The van der Waals surface area contributed by atoms with Gasteiger partial charge >= 0.3 is 18.3 Å². The number of nitrogens with zero attached hydrogens (tertiary/aromatic N) is 4. The quantitative estimate of drug-likeness (QED) is 0.490. The van der Waals surface area contributed by atoms with Crippen LogP contribution in [0.2, 0.25) is 0 Å². The van der Waals surface area contributed by atoms with Gasteiger partial charge < -0.3 is 5.11 Å². The normalized spacial score (nSPS) is 12.8. The molecule has 0 aliphatic heterocycles. The fourth-order valence-corrected chi connectivity index (χ4v) is 2.47. The van der Waals surface area contributed by atoms with E-state index in [0.29, 0.717) is 12.1 Å². The first-order chi connectivity index (χ1) is 13.9. The molecule has 0 atom stereocenters. The van der Waals surface area contributed by atoms with Gasteiger partial charge in [0.15, 0.2) is 5.82 Å². The lowest BCUT2D eigenvalue weighted by Crippen LogP contribution is -2.11. The second kappa shape index (κ2) is 7.61. The lowest BCUT2D eigenvalue weighted by atomic mass is 10.0.